The molecule has 0 rings (SSSR count). The summed E-state index contributed by atoms with van der Waals surface area (Å²) in [7, 11) is 0. The van der Waals surface area contributed by atoms with Gasteiger partial charge < -0.3 is 230 Å². The van der Waals surface area contributed by atoms with Gasteiger partial charge in [0.05, 0.1) is 0 Å². The summed E-state index contributed by atoms with van der Waals surface area (Å²) in [6.07, 6.45) is 14.1. The molecule has 0 saturated heterocycles. The van der Waals surface area contributed by atoms with Crippen LogP contribution >= 0.6 is 0 Å². The molecule has 670 valence electrons. The molecular formula is C58H66Co4O48-48. The molecule has 4 radical (unpaired) electrons. The van der Waals surface area contributed by atoms with Crippen LogP contribution in [0.25, 0.3) is 0 Å². The SMILES string of the molecule is C#CCCCCCCCC.[CH-]=O.[CH-]=O.[CH-]=O.[CH-]=O.[CH-]=O.[CH-]=O.[CH-]=O.[CH-]=O.[CH-]=O.[CH-]=O.[CH-]=O.[CH-]=O.[CH-]=O.[CH-]=O.[CH-]=O.[CH-]=O.[CH-]=O.[CH-]=O.[CH-]=O.[CH-]=O.[CH-]=O.[CH-]=O.[CH-]=O.[CH-]=O.[CH-]=O.[CH-]=O.[CH-]=O.[CH-]=O.[CH-]=O.[CH-]=O.[CH-]=O.[CH-]=O.[CH-]=O.[CH-]=O.[CH-]=O.[CH-]=O.[CH-]=O.[CH-]=O.[CH-]=O.[CH-]=O.[CH-]=O.[CH-]=O.[CH-]=O.[CH-]=O.[CH-]=O.[CH-]=O.[CH-]=O.[CH-]=O.[Co].[Co].[Co].[Co]. The molecule has 0 atom stereocenters. The van der Waals surface area contributed by atoms with Gasteiger partial charge in [-0.25, -0.2) is 0 Å². The molecule has 48 nitrogen and oxygen atoms in total. The fraction of sp³-hybridized carbons (Fsp3) is 0.138. The van der Waals surface area contributed by atoms with Crippen LogP contribution in [-0.4, -0.2) is 326 Å². The first-order chi connectivity index (χ1) is 52.9. The van der Waals surface area contributed by atoms with Gasteiger partial charge in [0, 0.05) is 73.5 Å². The number of terminal acetylenes is 1. The fourth-order valence-corrected chi connectivity index (χ4v) is 1.01. The van der Waals surface area contributed by atoms with Gasteiger partial charge in [-0.3, -0.25) is 326 Å². The second-order valence-electron chi connectivity index (χ2n) is 2.72. The first-order valence-corrected chi connectivity index (χ1v) is 15.7. The van der Waals surface area contributed by atoms with Gasteiger partial charge in [-0.1, -0.05) is 39.0 Å². The molecule has 0 unspecified atom stereocenters. The minimum absolute atomic E-state index is 0. The molecule has 0 aromatic carbocycles. The van der Waals surface area contributed by atoms with E-state index in [4.69, 9.17) is 237 Å². The summed E-state index contributed by atoms with van der Waals surface area (Å²) in [6, 6.07) is 0. The fourth-order valence-electron chi connectivity index (χ4n) is 1.01. The van der Waals surface area contributed by atoms with E-state index in [9.17, 15) is 0 Å². The second kappa shape index (κ2) is 21300. The number of unbranched alkanes of at least 4 members (excludes halogenated alkanes) is 6. The van der Waals surface area contributed by atoms with Crippen molar-refractivity contribution >= 4 is 326 Å². The normalized spacial score (nSPS) is 2.58. The van der Waals surface area contributed by atoms with Crippen LogP contribution in [0.5, 0.6) is 0 Å². The van der Waals surface area contributed by atoms with E-state index in [2.05, 4.69) is 339 Å². The molecule has 0 amide bonds. The van der Waals surface area contributed by atoms with E-state index in [1.165, 1.54) is 38.5 Å². The minimum Gasteiger partial charge on any atom is -0.545 e. The maximum absolute atomic E-state index is 7.75. The van der Waals surface area contributed by atoms with Crippen molar-refractivity contribution in [3.63, 3.8) is 0 Å². The first kappa shape index (κ1) is 470. The van der Waals surface area contributed by atoms with Gasteiger partial charge in [-0.05, 0) is 6.42 Å². The summed E-state index contributed by atoms with van der Waals surface area (Å²) in [5.74, 6) is 2.66. The first-order valence-electron chi connectivity index (χ1n) is 15.7. The number of hydrogen-bond donors (Lipinski definition) is 0. The zero-order chi connectivity index (χ0) is 104. The van der Waals surface area contributed by atoms with Crippen LogP contribution in [0, 0.1) is 12.3 Å². The van der Waals surface area contributed by atoms with E-state index in [0.717, 1.165) is 6.42 Å². The van der Waals surface area contributed by atoms with Crippen molar-refractivity contribution in [2.24, 2.45) is 0 Å². The predicted octanol–water partition coefficient (Wildman–Crippen LogP) is -9.80. The summed E-state index contributed by atoms with van der Waals surface area (Å²) in [5.41, 5.74) is 0. The molecule has 0 aliphatic rings. The molecule has 0 aromatic rings. The molecule has 0 bridgehead atoms. The van der Waals surface area contributed by atoms with Crippen LogP contribution in [0.2, 0.25) is 0 Å². The number of rotatable bonds is 6. The molecule has 110 heavy (non-hydrogen) atoms. The summed E-state index contributed by atoms with van der Waals surface area (Å²) in [6.45, 7) is 158. The molecule has 0 N–H and O–H groups in total. The van der Waals surface area contributed by atoms with Crippen LogP contribution in [-0.2, 0) is 297 Å². The Labute approximate surface area is 684 Å². The van der Waals surface area contributed by atoms with E-state index < -0.39 is 0 Å². The molecule has 0 spiro atoms. The average molecular weight is 1770 g/mol. The summed E-state index contributed by atoms with van der Waals surface area (Å²) >= 11 is 0. The van der Waals surface area contributed by atoms with E-state index in [1.807, 2.05) is 0 Å². The Hall–Kier alpha value is -14.3. The summed E-state index contributed by atoms with van der Waals surface area (Å²) in [4.78, 5) is 372. The van der Waals surface area contributed by atoms with E-state index in [-0.39, 0.29) is 67.1 Å². The second-order valence-corrected chi connectivity index (χ2v) is 2.72. The summed E-state index contributed by atoms with van der Waals surface area (Å²) in [5, 5.41) is 0. The van der Waals surface area contributed by atoms with Gasteiger partial charge in [0.15, 0.2) is 0 Å². The molecular weight excluding hydrogens is 1700 g/mol. The van der Waals surface area contributed by atoms with Crippen molar-refractivity contribution in [2.45, 2.75) is 51.9 Å². The smallest absolute Gasteiger partial charge is 0.00860 e. The quantitative estimate of drug-likeness (QED) is 0.103. The van der Waals surface area contributed by atoms with Crippen molar-refractivity contribution < 1.29 is 297 Å². The molecule has 0 heterocycles. The molecule has 0 aliphatic heterocycles. The van der Waals surface area contributed by atoms with Crippen molar-refractivity contribution in [3.8, 4) is 12.3 Å². The Morgan fingerprint density at radius 1 is 0.127 bits per heavy atom. The minimum atomic E-state index is 0. The Balaban J connectivity index is -0.00000000597. The molecule has 0 aromatic heterocycles. The standard InChI is InChI=1S/C10H18.48CHO.4Co/c1-3-5-7-9-10-8-6-4-2;48*1-2;;;;/h1H,4-10H2,2H3;48*1H;;;;/q;48*-1;;;;. The van der Waals surface area contributed by atoms with Gasteiger partial charge in [-0.2, -0.15) is 0 Å². The summed E-state index contributed by atoms with van der Waals surface area (Å²) < 4.78 is 0. The van der Waals surface area contributed by atoms with Gasteiger partial charge in [-0.15, -0.1) is 12.3 Å². The topological polar surface area (TPSA) is 819 Å². The molecule has 0 fully saturated rings. The van der Waals surface area contributed by atoms with Crippen LogP contribution in [0.4, 0.5) is 0 Å². The Morgan fingerprint density at radius 2 is 0.182 bits per heavy atom. The van der Waals surface area contributed by atoms with Crippen LogP contribution in [0.1, 0.15) is 51.9 Å². The maximum Gasteiger partial charge on any atom is 0.00860 e. The van der Waals surface area contributed by atoms with Crippen LogP contribution in [0.15, 0.2) is 0 Å². The average Bonchev–Trinajstić information content (AvgIpc) is 2.30. The third-order valence-corrected chi connectivity index (χ3v) is 1.67. The predicted molar refractivity (Wildman–Crippen MR) is 371 cm³/mol. The maximum atomic E-state index is 7.75. The monoisotopic (exact) mass is 1770 g/mol. The number of carbonyl (C=O) groups excluding carboxylic acids is 48. The van der Waals surface area contributed by atoms with Crippen molar-refractivity contribution in [1.29, 1.82) is 0 Å². The van der Waals surface area contributed by atoms with Crippen molar-refractivity contribution in [3.05, 3.63) is 0 Å². The van der Waals surface area contributed by atoms with Crippen molar-refractivity contribution in [2.75, 3.05) is 0 Å². The van der Waals surface area contributed by atoms with Gasteiger partial charge in [0.25, 0.3) is 0 Å². The van der Waals surface area contributed by atoms with Crippen LogP contribution < -0.4 is 0 Å². The largest absolute Gasteiger partial charge is 0.545 e. The van der Waals surface area contributed by atoms with E-state index in [1.54, 1.807) is 0 Å². The van der Waals surface area contributed by atoms with Crippen LogP contribution in [0.3, 0.4) is 0 Å². The van der Waals surface area contributed by atoms with Crippen molar-refractivity contribution in [1.82, 2.24) is 0 Å². The van der Waals surface area contributed by atoms with Gasteiger partial charge >= 0.3 is 0 Å². The Bertz CT molecular complexity index is 576. The third kappa shape index (κ3) is 15300. The van der Waals surface area contributed by atoms with Gasteiger partial charge in [0.1, 0.15) is 0 Å². The zero-order valence-electron chi connectivity index (χ0n) is 55.7. The van der Waals surface area contributed by atoms with Gasteiger partial charge in [0.2, 0.25) is 0 Å². The third-order valence-electron chi connectivity index (χ3n) is 1.67. The Kier molecular flexibility index (Phi) is 91000. The zero-order valence-corrected chi connectivity index (χ0v) is 59.8. The van der Waals surface area contributed by atoms with E-state index >= 15 is 0 Å². The molecule has 52 heteroatoms. The molecule has 0 aliphatic carbocycles. The number of hydrogen-bond acceptors (Lipinski definition) is 48. The van der Waals surface area contributed by atoms with E-state index in [0.29, 0.717) is 0 Å². The Morgan fingerprint density at radius 3 is 0.236 bits per heavy atom. The molecule has 0 saturated carbocycles.